The molecule has 0 aromatic heterocycles. The average molecular weight is 164 g/mol. The van der Waals surface area contributed by atoms with Crippen molar-refractivity contribution in [3.63, 3.8) is 0 Å². The van der Waals surface area contributed by atoms with Crippen LogP contribution in [0.1, 0.15) is 10.4 Å². The maximum atomic E-state index is 10.4. The van der Waals surface area contributed by atoms with Crippen LogP contribution in [0.25, 0.3) is 0 Å². The molecule has 1 rings (SSSR count). The second kappa shape index (κ2) is 3.26. The molecule has 0 unspecified atom stereocenters. The maximum absolute atomic E-state index is 10.4. The van der Waals surface area contributed by atoms with Crippen molar-refractivity contribution in [2.24, 2.45) is 0 Å². The number of hydrogen-bond acceptors (Lipinski definition) is 3. The molecule has 0 heterocycles. The van der Waals surface area contributed by atoms with Gasteiger partial charge in [-0.3, -0.25) is 0 Å². The summed E-state index contributed by atoms with van der Waals surface area (Å²) < 4.78 is 0. The van der Waals surface area contributed by atoms with Crippen molar-refractivity contribution >= 4 is 11.7 Å². The number of nitrogens with zero attached hydrogens (tertiary/aromatic N) is 1. The Hall–Kier alpha value is -1.51. The molecule has 64 valence electrons. The molecule has 0 aliphatic rings. The van der Waals surface area contributed by atoms with Crippen LogP contribution in [0, 0.1) is 0 Å². The summed E-state index contributed by atoms with van der Waals surface area (Å²) in [5, 5.41) is 10.4. The highest BCUT2D eigenvalue weighted by atomic mass is 16.4. The molecule has 1 aromatic rings. The van der Waals surface area contributed by atoms with E-state index < -0.39 is 5.97 Å². The van der Waals surface area contributed by atoms with Gasteiger partial charge in [-0.2, -0.15) is 0 Å². The first kappa shape index (κ1) is 8.59. The SMILES string of the molecule is CN(C)c1cccc(C(=O)[O-])c1. The highest BCUT2D eigenvalue weighted by Gasteiger charge is 1.96. The smallest absolute Gasteiger partial charge is 0.0716 e. The second-order valence-electron chi connectivity index (χ2n) is 2.73. The van der Waals surface area contributed by atoms with E-state index in [2.05, 4.69) is 0 Å². The standard InChI is InChI=1S/C9H11NO2/c1-10(2)8-5-3-4-7(6-8)9(11)12/h3-6H,1-2H3,(H,11,12)/p-1. The molecule has 3 nitrogen and oxygen atoms in total. The summed E-state index contributed by atoms with van der Waals surface area (Å²) in [5.74, 6) is -1.14. The number of rotatable bonds is 2. The Morgan fingerprint density at radius 1 is 1.42 bits per heavy atom. The Kier molecular flexibility index (Phi) is 2.33. The molecule has 0 aliphatic carbocycles. The van der Waals surface area contributed by atoms with Crippen LogP contribution in [0.15, 0.2) is 24.3 Å². The number of hydrogen-bond donors (Lipinski definition) is 0. The van der Waals surface area contributed by atoms with Gasteiger partial charge in [0.15, 0.2) is 0 Å². The first-order valence-electron chi connectivity index (χ1n) is 3.60. The third-order valence-electron chi connectivity index (χ3n) is 1.60. The summed E-state index contributed by atoms with van der Waals surface area (Å²) in [6.07, 6.45) is 0. The van der Waals surface area contributed by atoms with E-state index in [1.165, 1.54) is 6.07 Å². The van der Waals surface area contributed by atoms with Crippen LogP contribution >= 0.6 is 0 Å². The van der Waals surface area contributed by atoms with Crippen molar-refractivity contribution in [3.05, 3.63) is 29.8 Å². The topological polar surface area (TPSA) is 43.4 Å². The van der Waals surface area contributed by atoms with E-state index in [0.717, 1.165) is 5.69 Å². The predicted molar refractivity (Wildman–Crippen MR) is 45.1 cm³/mol. The van der Waals surface area contributed by atoms with Gasteiger partial charge in [0.05, 0.1) is 5.97 Å². The van der Waals surface area contributed by atoms with E-state index in [9.17, 15) is 9.90 Å². The molecule has 3 heteroatoms. The van der Waals surface area contributed by atoms with E-state index in [0.29, 0.717) is 0 Å². The predicted octanol–water partition coefficient (Wildman–Crippen LogP) is 0.116. The minimum atomic E-state index is -1.14. The summed E-state index contributed by atoms with van der Waals surface area (Å²) in [4.78, 5) is 12.3. The van der Waals surface area contributed by atoms with E-state index in [1.807, 2.05) is 25.1 Å². The van der Waals surface area contributed by atoms with Gasteiger partial charge in [-0.15, -0.1) is 0 Å². The van der Waals surface area contributed by atoms with E-state index >= 15 is 0 Å². The molecule has 0 spiro atoms. The number of carbonyl (C=O) groups is 1. The zero-order chi connectivity index (χ0) is 9.14. The minimum absolute atomic E-state index is 0.209. The molecule has 0 aliphatic heterocycles. The molecule has 0 fully saturated rings. The van der Waals surface area contributed by atoms with Gasteiger partial charge >= 0.3 is 0 Å². The zero-order valence-electron chi connectivity index (χ0n) is 7.07. The Bertz CT molecular complexity index is 294. The lowest BCUT2D eigenvalue weighted by Crippen LogP contribution is -2.22. The Labute approximate surface area is 71.2 Å². The molecular formula is C9H10NO2-. The average Bonchev–Trinajstić information content (AvgIpc) is 2.04. The minimum Gasteiger partial charge on any atom is -0.545 e. The van der Waals surface area contributed by atoms with Crippen LogP contribution in [0.5, 0.6) is 0 Å². The Balaban J connectivity index is 3.04. The molecule has 0 saturated carbocycles. The van der Waals surface area contributed by atoms with Crippen LogP contribution in [-0.4, -0.2) is 20.1 Å². The first-order valence-corrected chi connectivity index (χ1v) is 3.60. The van der Waals surface area contributed by atoms with Crippen molar-refractivity contribution < 1.29 is 9.90 Å². The maximum Gasteiger partial charge on any atom is 0.0716 e. The van der Waals surface area contributed by atoms with Gasteiger partial charge in [-0.1, -0.05) is 12.1 Å². The van der Waals surface area contributed by atoms with Crippen LogP contribution < -0.4 is 10.0 Å². The summed E-state index contributed by atoms with van der Waals surface area (Å²) in [6.45, 7) is 0. The second-order valence-corrected chi connectivity index (χ2v) is 2.73. The fourth-order valence-corrected chi connectivity index (χ4v) is 0.911. The van der Waals surface area contributed by atoms with Crippen LogP contribution in [-0.2, 0) is 0 Å². The quantitative estimate of drug-likeness (QED) is 0.623. The monoisotopic (exact) mass is 164 g/mol. The fourth-order valence-electron chi connectivity index (χ4n) is 0.911. The number of aromatic carboxylic acids is 1. The molecule has 0 amide bonds. The number of benzene rings is 1. The van der Waals surface area contributed by atoms with Crippen molar-refractivity contribution in [1.29, 1.82) is 0 Å². The summed E-state index contributed by atoms with van der Waals surface area (Å²) >= 11 is 0. The van der Waals surface area contributed by atoms with Gasteiger partial charge in [-0.05, 0) is 17.7 Å². The highest BCUT2D eigenvalue weighted by molar-refractivity contribution is 5.87. The summed E-state index contributed by atoms with van der Waals surface area (Å²) in [6, 6.07) is 6.63. The number of carbonyl (C=O) groups excluding carboxylic acids is 1. The lowest BCUT2D eigenvalue weighted by atomic mass is 10.2. The van der Waals surface area contributed by atoms with Gasteiger partial charge < -0.3 is 14.8 Å². The molecule has 0 atom stereocenters. The lowest BCUT2D eigenvalue weighted by molar-refractivity contribution is -0.255. The van der Waals surface area contributed by atoms with Gasteiger partial charge in [0.2, 0.25) is 0 Å². The van der Waals surface area contributed by atoms with Gasteiger partial charge in [0, 0.05) is 19.8 Å². The molecule has 0 saturated heterocycles. The third kappa shape index (κ3) is 1.75. The fraction of sp³-hybridized carbons (Fsp3) is 0.222. The summed E-state index contributed by atoms with van der Waals surface area (Å²) in [5.41, 5.74) is 1.07. The highest BCUT2D eigenvalue weighted by Crippen LogP contribution is 2.12. The Morgan fingerprint density at radius 2 is 2.08 bits per heavy atom. The lowest BCUT2D eigenvalue weighted by Gasteiger charge is -2.13. The van der Waals surface area contributed by atoms with Gasteiger partial charge in [-0.25, -0.2) is 0 Å². The largest absolute Gasteiger partial charge is 0.545 e. The van der Waals surface area contributed by atoms with Crippen molar-refractivity contribution in [1.82, 2.24) is 0 Å². The third-order valence-corrected chi connectivity index (χ3v) is 1.60. The number of carboxylic acid groups (broad SMARTS) is 1. The van der Waals surface area contributed by atoms with Crippen LogP contribution in [0.4, 0.5) is 5.69 Å². The van der Waals surface area contributed by atoms with E-state index in [4.69, 9.17) is 0 Å². The van der Waals surface area contributed by atoms with E-state index in [1.54, 1.807) is 12.1 Å². The first-order chi connectivity index (χ1) is 5.61. The molecular weight excluding hydrogens is 154 g/mol. The van der Waals surface area contributed by atoms with Crippen LogP contribution in [0.3, 0.4) is 0 Å². The molecule has 0 radical (unpaired) electrons. The number of carboxylic acids is 1. The number of anilines is 1. The van der Waals surface area contributed by atoms with E-state index in [-0.39, 0.29) is 5.56 Å². The summed E-state index contributed by atoms with van der Waals surface area (Å²) in [7, 11) is 3.71. The van der Waals surface area contributed by atoms with Gasteiger partial charge in [0.25, 0.3) is 0 Å². The van der Waals surface area contributed by atoms with Crippen LogP contribution in [0.2, 0.25) is 0 Å². The van der Waals surface area contributed by atoms with Gasteiger partial charge in [0.1, 0.15) is 0 Å². The van der Waals surface area contributed by atoms with Crippen molar-refractivity contribution in [2.75, 3.05) is 19.0 Å². The Morgan fingerprint density at radius 3 is 2.58 bits per heavy atom. The molecule has 0 bridgehead atoms. The molecule has 12 heavy (non-hydrogen) atoms. The van der Waals surface area contributed by atoms with Crippen molar-refractivity contribution in [3.8, 4) is 0 Å². The van der Waals surface area contributed by atoms with Crippen molar-refractivity contribution in [2.45, 2.75) is 0 Å². The normalized spacial score (nSPS) is 9.50. The molecule has 1 aromatic carbocycles. The molecule has 0 N–H and O–H groups in total. The zero-order valence-corrected chi connectivity index (χ0v) is 7.07.